The maximum Gasteiger partial charge on any atom is 0.323 e. The number of pyridine rings is 1. The molecule has 1 unspecified atom stereocenters. The molecule has 1 aromatic carbocycles. The first-order chi connectivity index (χ1) is 11.7. The molecular weight excluding hydrogens is 310 g/mol. The van der Waals surface area contributed by atoms with E-state index in [2.05, 4.69) is 10.3 Å². The van der Waals surface area contributed by atoms with E-state index >= 15 is 0 Å². The summed E-state index contributed by atoms with van der Waals surface area (Å²) in [6, 6.07) is 11.8. The Bertz CT molecular complexity index is 722. The molecule has 2 heterocycles. The number of amides is 2. The van der Waals surface area contributed by atoms with E-state index in [-0.39, 0.29) is 17.9 Å². The van der Waals surface area contributed by atoms with Crippen LogP contribution in [0.5, 0.6) is 11.6 Å². The van der Waals surface area contributed by atoms with Crippen LogP contribution in [-0.2, 0) is 4.74 Å². The van der Waals surface area contributed by atoms with Gasteiger partial charge in [0.05, 0.1) is 20.3 Å². The average molecular weight is 329 g/mol. The minimum atomic E-state index is -0.269. The Labute approximate surface area is 139 Å². The molecule has 2 N–H and O–H groups in total. The normalized spacial score (nSPS) is 17.4. The highest BCUT2D eigenvalue weighted by molar-refractivity contribution is 5.88. The fraction of sp³-hybridized carbons (Fsp3) is 0.294. The quantitative estimate of drug-likeness (QED) is 0.903. The summed E-state index contributed by atoms with van der Waals surface area (Å²) in [6.07, 6.45) is -0.269. The third-order valence-electron chi connectivity index (χ3n) is 3.76. The zero-order valence-corrected chi connectivity index (χ0v) is 13.3. The maximum atomic E-state index is 12.4. The van der Waals surface area contributed by atoms with Crippen molar-refractivity contribution in [3.05, 3.63) is 48.0 Å². The van der Waals surface area contributed by atoms with Crippen LogP contribution >= 0.6 is 0 Å². The van der Waals surface area contributed by atoms with Gasteiger partial charge in [0.1, 0.15) is 17.7 Å². The molecule has 2 amide bonds. The highest BCUT2D eigenvalue weighted by Gasteiger charge is 2.25. The van der Waals surface area contributed by atoms with E-state index in [1.165, 1.54) is 7.11 Å². The fourth-order valence-corrected chi connectivity index (χ4v) is 2.55. The minimum absolute atomic E-state index is 0.179. The number of hydrogen-bond acceptors (Lipinski definition) is 5. The largest absolute Gasteiger partial charge is 0.508 e. The number of methoxy groups -OCH3 is 1. The van der Waals surface area contributed by atoms with Crippen LogP contribution in [0.1, 0.15) is 11.7 Å². The van der Waals surface area contributed by atoms with Crippen molar-refractivity contribution in [2.75, 3.05) is 32.1 Å². The molecule has 1 aromatic heterocycles. The summed E-state index contributed by atoms with van der Waals surface area (Å²) in [5.41, 5.74) is 0.840. The number of nitrogens with one attached hydrogen (secondary N) is 1. The lowest BCUT2D eigenvalue weighted by Crippen LogP contribution is -2.44. The Hall–Kier alpha value is -2.80. The molecule has 3 rings (SSSR count). The molecule has 1 aliphatic heterocycles. The fourth-order valence-electron chi connectivity index (χ4n) is 2.55. The molecule has 1 aliphatic rings. The Kier molecular flexibility index (Phi) is 4.81. The Balaban J connectivity index is 1.66. The van der Waals surface area contributed by atoms with E-state index in [0.717, 1.165) is 5.56 Å². The van der Waals surface area contributed by atoms with E-state index in [1.54, 1.807) is 41.3 Å². The topological polar surface area (TPSA) is 83.9 Å². The number of ether oxygens (including phenoxy) is 2. The zero-order chi connectivity index (χ0) is 16.9. The van der Waals surface area contributed by atoms with Gasteiger partial charge in [0.15, 0.2) is 0 Å². The number of benzene rings is 1. The smallest absolute Gasteiger partial charge is 0.323 e. The highest BCUT2D eigenvalue weighted by Crippen LogP contribution is 2.25. The molecule has 2 aromatic rings. The molecule has 1 fully saturated rings. The first kappa shape index (κ1) is 16.1. The van der Waals surface area contributed by atoms with Gasteiger partial charge in [-0.05, 0) is 23.8 Å². The first-order valence-corrected chi connectivity index (χ1v) is 7.63. The second kappa shape index (κ2) is 7.18. The SMILES string of the molecule is COc1cccc(NC(=O)N2CCOC(c3cccc(O)c3)C2)n1. The molecule has 0 saturated carbocycles. The van der Waals surface area contributed by atoms with E-state index in [9.17, 15) is 9.90 Å². The van der Waals surface area contributed by atoms with Crippen molar-refractivity contribution in [3.63, 3.8) is 0 Å². The van der Waals surface area contributed by atoms with Crippen LogP contribution < -0.4 is 10.1 Å². The first-order valence-electron chi connectivity index (χ1n) is 7.63. The number of aromatic hydroxyl groups is 1. The van der Waals surface area contributed by atoms with Gasteiger partial charge in [-0.2, -0.15) is 4.98 Å². The van der Waals surface area contributed by atoms with Crippen molar-refractivity contribution in [3.8, 4) is 11.6 Å². The number of hydrogen-bond donors (Lipinski definition) is 2. The number of phenolic OH excluding ortho intramolecular Hbond substituents is 1. The van der Waals surface area contributed by atoms with Crippen LogP contribution in [0.4, 0.5) is 10.6 Å². The van der Waals surface area contributed by atoms with Crippen molar-refractivity contribution >= 4 is 11.8 Å². The van der Waals surface area contributed by atoms with Crippen LogP contribution in [0.15, 0.2) is 42.5 Å². The van der Waals surface area contributed by atoms with Crippen molar-refractivity contribution in [2.45, 2.75) is 6.10 Å². The van der Waals surface area contributed by atoms with E-state index < -0.39 is 0 Å². The average Bonchev–Trinajstić information content (AvgIpc) is 2.62. The zero-order valence-electron chi connectivity index (χ0n) is 13.3. The number of aromatic nitrogens is 1. The minimum Gasteiger partial charge on any atom is -0.508 e. The summed E-state index contributed by atoms with van der Waals surface area (Å²) in [5.74, 6) is 1.05. The second-order valence-corrected chi connectivity index (χ2v) is 5.40. The predicted molar refractivity (Wildman–Crippen MR) is 88.2 cm³/mol. The molecular formula is C17H19N3O4. The number of carbonyl (C=O) groups is 1. The van der Waals surface area contributed by atoms with Crippen molar-refractivity contribution < 1.29 is 19.4 Å². The van der Waals surface area contributed by atoms with E-state index in [1.807, 2.05) is 6.07 Å². The van der Waals surface area contributed by atoms with Crippen LogP contribution in [0.2, 0.25) is 0 Å². The molecule has 0 aliphatic carbocycles. The molecule has 24 heavy (non-hydrogen) atoms. The van der Waals surface area contributed by atoms with Gasteiger partial charge in [-0.3, -0.25) is 5.32 Å². The molecule has 0 bridgehead atoms. The maximum absolute atomic E-state index is 12.4. The number of urea groups is 1. The van der Waals surface area contributed by atoms with Crippen molar-refractivity contribution in [1.82, 2.24) is 9.88 Å². The molecule has 7 nitrogen and oxygen atoms in total. The van der Waals surface area contributed by atoms with E-state index in [4.69, 9.17) is 9.47 Å². The monoisotopic (exact) mass is 329 g/mol. The number of phenols is 1. The van der Waals surface area contributed by atoms with Gasteiger partial charge in [-0.15, -0.1) is 0 Å². The lowest BCUT2D eigenvalue weighted by Gasteiger charge is -2.33. The highest BCUT2D eigenvalue weighted by atomic mass is 16.5. The number of carbonyl (C=O) groups excluding carboxylic acids is 1. The summed E-state index contributed by atoms with van der Waals surface area (Å²) in [4.78, 5) is 18.3. The van der Waals surface area contributed by atoms with Gasteiger partial charge in [-0.25, -0.2) is 4.79 Å². The summed E-state index contributed by atoms with van der Waals surface area (Å²) in [6.45, 7) is 1.32. The van der Waals surface area contributed by atoms with Crippen LogP contribution in [0.25, 0.3) is 0 Å². The summed E-state index contributed by atoms with van der Waals surface area (Å²) in [5, 5.41) is 12.4. The van der Waals surface area contributed by atoms with Crippen LogP contribution in [0, 0.1) is 0 Å². The number of morpholine rings is 1. The number of nitrogens with zero attached hydrogens (tertiary/aromatic N) is 2. The molecule has 7 heteroatoms. The van der Waals surface area contributed by atoms with Crippen molar-refractivity contribution in [1.29, 1.82) is 0 Å². The molecule has 0 radical (unpaired) electrons. The lowest BCUT2D eigenvalue weighted by atomic mass is 10.1. The third kappa shape index (κ3) is 3.75. The standard InChI is InChI=1S/C17H19N3O4/c1-23-16-7-3-6-15(18-16)19-17(22)20-8-9-24-14(11-20)12-4-2-5-13(21)10-12/h2-7,10,14,21H,8-9,11H2,1H3,(H,18,19,22). The Morgan fingerprint density at radius 1 is 1.38 bits per heavy atom. The van der Waals surface area contributed by atoms with Gasteiger partial charge < -0.3 is 19.5 Å². The Morgan fingerprint density at radius 3 is 3.00 bits per heavy atom. The summed E-state index contributed by atoms with van der Waals surface area (Å²) >= 11 is 0. The molecule has 0 spiro atoms. The Morgan fingerprint density at radius 2 is 2.21 bits per heavy atom. The number of anilines is 1. The predicted octanol–water partition coefficient (Wildman–Crippen LogP) is 2.40. The van der Waals surface area contributed by atoms with Crippen LogP contribution in [0.3, 0.4) is 0 Å². The van der Waals surface area contributed by atoms with Gasteiger partial charge in [0.25, 0.3) is 0 Å². The van der Waals surface area contributed by atoms with E-state index in [0.29, 0.717) is 31.4 Å². The van der Waals surface area contributed by atoms with Crippen LogP contribution in [-0.4, -0.2) is 47.8 Å². The summed E-state index contributed by atoms with van der Waals surface area (Å²) < 4.78 is 10.8. The summed E-state index contributed by atoms with van der Waals surface area (Å²) in [7, 11) is 1.52. The lowest BCUT2D eigenvalue weighted by molar-refractivity contribution is -0.0136. The third-order valence-corrected chi connectivity index (χ3v) is 3.76. The molecule has 1 saturated heterocycles. The number of rotatable bonds is 3. The van der Waals surface area contributed by atoms with Crippen molar-refractivity contribution in [2.24, 2.45) is 0 Å². The van der Waals surface area contributed by atoms with Gasteiger partial charge >= 0.3 is 6.03 Å². The van der Waals surface area contributed by atoms with Gasteiger partial charge in [-0.1, -0.05) is 18.2 Å². The molecule has 126 valence electrons. The second-order valence-electron chi connectivity index (χ2n) is 5.40. The molecule has 1 atom stereocenters. The van der Waals surface area contributed by atoms with Gasteiger partial charge in [0.2, 0.25) is 5.88 Å². The van der Waals surface area contributed by atoms with Gasteiger partial charge in [0, 0.05) is 12.6 Å².